The van der Waals surface area contributed by atoms with Crippen molar-refractivity contribution in [2.75, 3.05) is 9.80 Å². The van der Waals surface area contributed by atoms with E-state index in [4.69, 9.17) is 9.47 Å². The molecule has 4 aromatic carbocycles. The zero-order chi connectivity index (χ0) is 31.9. The molecule has 0 saturated carbocycles. The second-order valence-electron chi connectivity index (χ2n) is 10.3. The van der Waals surface area contributed by atoms with E-state index in [1.54, 1.807) is 62.4 Å². The maximum Gasteiger partial charge on any atom is 0.261 e. The fourth-order valence-electron chi connectivity index (χ4n) is 4.82. The van der Waals surface area contributed by atoms with E-state index >= 15 is 0 Å². The van der Waals surface area contributed by atoms with E-state index in [1.807, 2.05) is 0 Å². The Labute approximate surface area is 258 Å². The van der Waals surface area contributed by atoms with Crippen molar-refractivity contribution in [2.45, 2.75) is 23.6 Å². The first-order valence-corrected chi connectivity index (χ1v) is 15.1. The Morgan fingerprint density at radius 1 is 0.511 bits per heavy atom. The quantitative estimate of drug-likeness (QED) is 0.228. The van der Waals surface area contributed by atoms with Crippen LogP contribution in [0.2, 0.25) is 0 Å². The van der Waals surface area contributed by atoms with Crippen molar-refractivity contribution in [1.29, 1.82) is 0 Å². The molecule has 2 aliphatic rings. The molecular weight excluding hydrogens is 596 g/mol. The van der Waals surface area contributed by atoms with Crippen molar-refractivity contribution in [3.63, 3.8) is 0 Å². The molecule has 224 valence electrons. The fourth-order valence-corrected chi connectivity index (χ4v) is 6.08. The molecule has 2 aliphatic heterocycles. The summed E-state index contributed by atoms with van der Waals surface area (Å²) in [6.07, 6.45) is 2.55. The number of hydrogen-bond donors (Lipinski definition) is 0. The van der Waals surface area contributed by atoms with Gasteiger partial charge in [0.15, 0.2) is 0 Å². The van der Waals surface area contributed by atoms with E-state index < -0.39 is 33.5 Å². The standard InChI is InChI=1S/C34H24N2O8S/c1-21-17-31(37)35(33(21)39)23-5-3-7-27(19-23)43-25-9-13-29(14-10-25)45(41,42)30-15-11-26(12-16-30)44-28-8-4-6-24(20-28)36-32(38)18-22(2)34(36)40/h3-20H,1-2H3. The molecule has 0 bridgehead atoms. The SMILES string of the molecule is CC1=CC(=O)N(c2cccc(Oc3ccc(S(=O)(=O)c4ccc(Oc5cccc(N6C(=O)C=C(C)C6=O)c5)cc4)cc3)c2)C1=O. The van der Waals surface area contributed by atoms with Gasteiger partial charge in [0.2, 0.25) is 9.84 Å². The van der Waals surface area contributed by atoms with Gasteiger partial charge in [0.1, 0.15) is 23.0 Å². The molecule has 4 aromatic rings. The molecular formula is C34H24N2O8S. The third-order valence-corrected chi connectivity index (χ3v) is 8.88. The summed E-state index contributed by atoms with van der Waals surface area (Å²) in [5, 5.41) is 0. The Bertz CT molecular complexity index is 1920. The maximum absolute atomic E-state index is 13.3. The van der Waals surface area contributed by atoms with Gasteiger partial charge in [-0.25, -0.2) is 18.2 Å². The van der Waals surface area contributed by atoms with Crippen molar-refractivity contribution < 1.29 is 37.1 Å². The van der Waals surface area contributed by atoms with Crippen LogP contribution in [0.5, 0.6) is 23.0 Å². The molecule has 4 amide bonds. The van der Waals surface area contributed by atoms with Crippen LogP contribution in [0.15, 0.2) is 130 Å². The molecule has 0 unspecified atom stereocenters. The van der Waals surface area contributed by atoms with E-state index in [9.17, 15) is 27.6 Å². The van der Waals surface area contributed by atoms with Crippen molar-refractivity contribution >= 4 is 44.8 Å². The summed E-state index contributed by atoms with van der Waals surface area (Å²) in [5.74, 6) is -0.234. The van der Waals surface area contributed by atoms with E-state index in [-0.39, 0.29) is 9.79 Å². The Morgan fingerprint density at radius 3 is 1.22 bits per heavy atom. The maximum atomic E-state index is 13.3. The van der Waals surface area contributed by atoms with Crippen molar-refractivity contribution in [1.82, 2.24) is 0 Å². The Balaban J connectivity index is 1.13. The summed E-state index contributed by atoms with van der Waals surface area (Å²) in [4.78, 5) is 51.3. The van der Waals surface area contributed by atoms with Crippen LogP contribution < -0.4 is 19.3 Å². The van der Waals surface area contributed by atoms with Crippen LogP contribution in [-0.4, -0.2) is 32.0 Å². The van der Waals surface area contributed by atoms with Crippen LogP contribution in [0.3, 0.4) is 0 Å². The Kier molecular flexibility index (Phi) is 7.39. The van der Waals surface area contributed by atoms with Crippen LogP contribution in [0.4, 0.5) is 11.4 Å². The summed E-state index contributed by atoms with van der Waals surface area (Å²) in [7, 11) is -3.87. The third kappa shape index (κ3) is 5.64. The van der Waals surface area contributed by atoms with Gasteiger partial charge in [0, 0.05) is 35.4 Å². The van der Waals surface area contributed by atoms with E-state index in [0.717, 1.165) is 9.80 Å². The third-order valence-electron chi connectivity index (χ3n) is 7.09. The lowest BCUT2D eigenvalue weighted by atomic mass is 10.2. The highest BCUT2D eigenvalue weighted by Crippen LogP contribution is 2.32. The number of benzene rings is 4. The first-order valence-electron chi connectivity index (χ1n) is 13.7. The van der Waals surface area contributed by atoms with E-state index in [2.05, 4.69) is 0 Å². The highest BCUT2D eigenvalue weighted by Gasteiger charge is 2.31. The molecule has 0 atom stereocenters. The van der Waals surface area contributed by atoms with E-state index in [1.165, 1.54) is 60.7 Å². The number of hydrogen-bond acceptors (Lipinski definition) is 8. The molecule has 0 spiro atoms. The van der Waals surface area contributed by atoms with Crippen LogP contribution >= 0.6 is 0 Å². The second kappa shape index (κ2) is 11.4. The van der Waals surface area contributed by atoms with Gasteiger partial charge >= 0.3 is 0 Å². The highest BCUT2D eigenvalue weighted by atomic mass is 32.2. The summed E-state index contributed by atoms with van der Waals surface area (Å²) in [6.45, 7) is 3.14. The lowest BCUT2D eigenvalue weighted by molar-refractivity contribution is -0.121. The summed E-state index contributed by atoms with van der Waals surface area (Å²) in [6, 6.07) is 24.7. The van der Waals surface area contributed by atoms with Gasteiger partial charge in [-0.05, 0) is 86.6 Å². The normalized spacial score (nSPS) is 15.0. The number of sulfone groups is 1. The van der Waals surface area contributed by atoms with Gasteiger partial charge in [0.05, 0.1) is 21.2 Å². The monoisotopic (exact) mass is 620 g/mol. The first-order chi connectivity index (χ1) is 21.5. The zero-order valence-electron chi connectivity index (χ0n) is 24.0. The number of rotatable bonds is 8. The summed E-state index contributed by atoms with van der Waals surface area (Å²) < 4.78 is 38.3. The van der Waals surface area contributed by atoms with Crippen LogP contribution in [0, 0.1) is 0 Å². The number of imide groups is 2. The van der Waals surface area contributed by atoms with Gasteiger partial charge in [-0.15, -0.1) is 0 Å². The van der Waals surface area contributed by atoms with Crippen LogP contribution in [-0.2, 0) is 29.0 Å². The summed E-state index contributed by atoms with van der Waals surface area (Å²) >= 11 is 0. The Morgan fingerprint density at radius 2 is 0.889 bits per heavy atom. The second-order valence-corrected chi connectivity index (χ2v) is 12.2. The molecule has 11 heteroatoms. The lowest BCUT2D eigenvalue weighted by Crippen LogP contribution is -2.30. The minimum absolute atomic E-state index is 0.0450. The molecule has 0 aromatic heterocycles. The van der Waals surface area contributed by atoms with E-state index in [0.29, 0.717) is 45.5 Å². The fraction of sp³-hybridized carbons (Fsp3) is 0.0588. The molecule has 0 N–H and O–H groups in total. The number of nitrogens with zero attached hydrogens (tertiary/aromatic N) is 2. The molecule has 0 fully saturated rings. The first kappa shape index (κ1) is 29.3. The Hall–Kier alpha value is -5.81. The van der Waals surface area contributed by atoms with Crippen LogP contribution in [0.1, 0.15) is 13.8 Å². The summed E-state index contributed by atoms with van der Waals surface area (Å²) in [5.41, 5.74) is 1.41. The van der Waals surface area contributed by atoms with Crippen LogP contribution in [0.25, 0.3) is 0 Å². The minimum atomic E-state index is -3.87. The predicted molar refractivity (Wildman–Crippen MR) is 164 cm³/mol. The highest BCUT2D eigenvalue weighted by molar-refractivity contribution is 7.91. The zero-order valence-corrected chi connectivity index (χ0v) is 24.8. The molecule has 10 nitrogen and oxygen atoms in total. The number of carbonyl (C=O) groups excluding carboxylic acids is 4. The molecule has 0 aliphatic carbocycles. The van der Waals surface area contributed by atoms with Gasteiger partial charge < -0.3 is 9.47 Å². The van der Waals surface area contributed by atoms with Gasteiger partial charge in [-0.2, -0.15) is 0 Å². The number of amides is 4. The number of ether oxygens (including phenoxy) is 2. The van der Waals surface area contributed by atoms with Crippen molar-refractivity contribution in [2.24, 2.45) is 0 Å². The molecule has 0 saturated heterocycles. The average Bonchev–Trinajstić information content (AvgIpc) is 3.43. The smallest absolute Gasteiger partial charge is 0.261 e. The lowest BCUT2D eigenvalue weighted by Gasteiger charge is -2.16. The number of carbonyl (C=O) groups is 4. The minimum Gasteiger partial charge on any atom is -0.457 e. The molecule has 2 heterocycles. The molecule has 0 radical (unpaired) electrons. The largest absolute Gasteiger partial charge is 0.457 e. The molecule has 6 rings (SSSR count). The molecule has 45 heavy (non-hydrogen) atoms. The van der Waals surface area contributed by atoms with Gasteiger partial charge in [-0.1, -0.05) is 12.1 Å². The van der Waals surface area contributed by atoms with Crippen molar-refractivity contribution in [3.05, 3.63) is 120 Å². The predicted octanol–water partition coefficient (Wildman–Crippen LogP) is 5.74. The van der Waals surface area contributed by atoms with Crippen molar-refractivity contribution in [3.8, 4) is 23.0 Å². The topological polar surface area (TPSA) is 127 Å². The van der Waals surface area contributed by atoms with Gasteiger partial charge in [-0.3, -0.25) is 19.2 Å². The van der Waals surface area contributed by atoms with Gasteiger partial charge in [0.25, 0.3) is 23.6 Å². The number of anilines is 2. The average molecular weight is 621 g/mol.